The van der Waals surface area contributed by atoms with E-state index in [4.69, 9.17) is 17.0 Å². The first-order valence-corrected chi connectivity index (χ1v) is 7.19. The first-order chi connectivity index (χ1) is 9.45. The molecule has 0 saturated carbocycles. The van der Waals surface area contributed by atoms with Gasteiger partial charge >= 0.3 is 0 Å². The lowest BCUT2D eigenvalue weighted by molar-refractivity contribution is -0.0481. The Hall–Kier alpha value is -1.46. The smallest absolute Gasteiger partial charge is 0.257 e. The lowest BCUT2D eigenvalue weighted by Crippen LogP contribution is -2.52. The Morgan fingerprint density at radius 3 is 2.60 bits per heavy atom. The van der Waals surface area contributed by atoms with Gasteiger partial charge in [0.25, 0.3) is 5.91 Å². The van der Waals surface area contributed by atoms with Crippen LogP contribution in [0.25, 0.3) is 0 Å². The van der Waals surface area contributed by atoms with Crippen molar-refractivity contribution in [1.82, 2.24) is 10.2 Å². The van der Waals surface area contributed by atoms with Crippen LogP contribution in [0.2, 0.25) is 0 Å². The van der Waals surface area contributed by atoms with E-state index in [1.807, 2.05) is 43.9 Å². The highest BCUT2D eigenvalue weighted by Gasteiger charge is 2.24. The van der Waals surface area contributed by atoms with Crippen molar-refractivity contribution < 1.29 is 9.53 Å². The molecule has 5 heteroatoms. The van der Waals surface area contributed by atoms with Crippen LogP contribution in [-0.2, 0) is 4.74 Å². The molecule has 1 aromatic carbocycles. The Kier molecular flexibility index (Phi) is 4.73. The van der Waals surface area contributed by atoms with Crippen LogP contribution in [0.5, 0.6) is 0 Å². The summed E-state index contributed by atoms with van der Waals surface area (Å²) in [5.74, 6) is -0.162. The molecule has 0 bridgehead atoms. The average molecular weight is 292 g/mol. The van der Waals surface area contributed by atoms with Gasteiger partial charge in [0, 0.05) is 18.7 Å². The highest BCUT2D eigenvalue weighted by atomic mass is 32.1. The quantitative estimate of drug-likeness (QED) is 0.805. The molecule has 1 amide bonds. The highest BCUT2D eigenvalue weighted by Crippen LogP contribution is 2.11. The number of nitrogens with one attached hydrogen (secondary N) is 1. The summed E-state index contributed by atoms with van der Waals surface area (Å²) in [5.41, 5.74) is 1.68. The van der Waals surface area contributed by atoms with Crippen LogP contribution in [0.3, 0.4) is 0 Å². The van der Waals surface area contributed by atoms with E-state index in [1.165, 1.54) is 0 Å². The van der Waals surface area contributed by atoms with Gasteiger partial charge in [-0.25, -0.2) is 0 Å². The topological polar surface area (TPSA) is 41.6 Å². The summed E-state index contributed by atoms with van der Waals surface area (Å²) in [6.45, 7) is 7.39. The highest BCUT2D eigenvalue weighted by molar-refractivity contribution is 7.80. The summed E-state index contributed by atoms with van der Waals surface area (Å²) in [4.78, 5) is 14.1. The molecule has 2 rings (SSSR count). The van der Waals surface area contributed by atoms with Crippen molar-refractivity contribution in [2.75, 3.05) is 13.1 Å². The second-order valence-corrected chi connectivity index (χ2v) is 5.68. The first-order valence-electron chi connectivity index (χ1n) is 6.78. The summed E-state index contributed by atoms with van der Waals surface area (Å²) in [7, 11) is 0. The van der Waals surface area contributed by atoms with Gasteiger partial charge in [0.15, 0.2) is 5.11 Å². The van der Waals surface area contributed by atoms with Gasteiger partial charge in [-0.3, -0.25) is 10.1 Å². The van der Waals surface area contributed by atoms with Crippen LogP contribution in [0, 0.1) is 6.92 Å². The minimum Gasteiger partial charge on any atom is -0.372 e. The van der Waals surface area contributed by atoms with Crippen LogP contribution in [0.15, 0.2) is 24.3 Å². The van der Waals surface area contributed by atoms with E-state index in [1.54, 1.807) is 6.07 Å². The molecule has 0 radical (unpaired) electrons. The molecule has 0 unspecified atom stereocenters. The maximum atomic E-state index is 12.2. The van der Waals surface area contributed by atoms with Crippen molar-refractivity contribution in [3.05, 3.63) is 35.4 Å². The van der Waals surface area contributed by atoms with Crippen LogP contribution < -0.4 is 5.32 Å². The monoisotopic (exact) mass is 292 g/mol. The number of aryl methyl sites for hydroxylation is 1. The van der Waals surface area contributed by atoms with Gasteiger partial charge in [0.1, 0.15) is 0 Å². The molecule has 0 aliphatic carbocycles. The SMILES string of the molecule is Cc1cccc(C(=O)NC(=S)N2C[C@@H](C)O[C@@H](C)C2)c1. The van der Waals surface area contributed by atoms with Gasteiger partial charge in [-0.2, -0.15) is 0 Å². The fourth-order valence-electron chi connectivity index (χ4n) is 2.38. The maximum absolute atomic E-state index is 12.2. The summed E-state index contributed by atoms with van der Waals surface area (Å²) in [6, 6.07) is 7.46. The second-order valence-electron chi connectivity index (χ2n) is 5.29. The Labute approximate surface area is 125 Å². The standard InChI is InChI=1S/C15H20N2O2S/c1-10-5-4-6-13(7-10)14(18)16-15(20)17-8-11(2)19-12(3)9-17/h4-7,11-12H,8-9H2,1-3H3,(H,16,18,20)/t11-,12+. The van der Waals surface area contributed by atoms with Crippen molar-refractivity contribution in [2.24, 2.45) is 0 Å². The van der Waals surface area contributed by atoms with Crippen LogP contribution in [0.1, 0.15) is 29.8 Å². The molecule has 1 saturated heterocycles. The number of carbonyl (C=O) groups is 1. The first kappa shape index (κ1) is 14.9. The van der Waals surface area contributed by atoms with E-state index in [0.717, 1.165) is 5.56 Å². The van der Waals surface area contributed by atoms with Gasteiger partial charge in [0.05, 0.1) is 12.2 Å². The van der Waals surface area contributed by atoms with Crippen molar-refractivity contribution in [2.45, 2.75) is 33.0 Å². The zero-order chi connectivity index (χ0) is 14.7. The lowest BCUT2D eigenvalue weighted by Gasteiger charge is -2.36. The molecule has 0 spiro atoms. The molecule has 1 aliphatic heterocycles. The molecule has 1 N–H and O–H groups in total. The molecular formula is C15H20N2O2S. The second kappa shape index (κ2) is 6.33. The van der Waals surface area contributed by atoms with Crippen LogP contribution in [0.4, 0.5) is 0 Å². The predicted octanol–water partition coefficient (Wildman–Crippen LogP) is 2.12. The van der Waals surface area contributed by atoms with E-state index in [9.17, 15) is 4.79 Å². The number of hydrogen-bond acceptors (Lipinski definition) is 3. The number of carbonyl (C=O) groups excluding carboxylic acids is 1. The number of rotatable bonds is 1. The predicted molar refractivity (Wildman–Crippen MR) is 82.8 cm³/mol. The Bertz CT molecular complexity index is 508. The number of thiocarbonyl (C=S) groups is 1. The average Bonchev–Trinajstić information content (AvgIpc) is 2.37. The van der Waals surface area contributed by atoms with Crippen LogP contribution in [-0.4, -0.2) is 41.2 Å². The molecule has 1 heterocycles. The van der Waals surface area contributed by atoms with E-state index < -0.39 is 0 Å². The third-order valence-electron chi connectivity index (χ3n) is 3.21. The van der Waals surface area contributed by atoms with Gasteiger partial charge in [0.2, 0.25) is 0 Å². The molecule has 0 aromatic heterocycles. The molecule has 1 aliphatic rings. The zero-order valence-electron chi connectivity index (χ0n) is 12.1. The maximum Gasteiger partial charge on any atom is 0.257 e. The van der Waals surface area contributed by atoms with Crippen molar-refractivity contribution >= 4 is 23.2 Å². The van der Waals surface area contributed by atoms with Gasteiger partial charge in [-0.15, -0.1) is 0 Å². The van der Waals surface area contributed by atoms with Crippen LogP contribution >= 0.6 is 12.2 Å². The van der Waals surface area contributed by atoms with Gasteiger partial charge in [-0.05, 0) is 45.1 Å². The number of ether oxygens (including phenoxy) is 1. The molecule has 1 fully saturated rings. The lowest BCUT2D eigenvalue weighted by atomic mass is 10.1. The molecule has 20 heavy (non-hydrogen) atoms. The largest absolute Gasteiger partial charge is 0.372 e. The number of hydrogen-bond donors (Lipinski definition) is 1. The summed E-state index contributed by atoms with van der Waals surface area (Å²) >= 11 is 5.33. The van der Waals surface area contributed by atoms with Crippen molar-refractivity contribution in [3.8, 4) is 0 Å². The Morgan fingerprint density at radius 1 is 1.35 bits per heavy atom. The third kappa shape index (κ3) is 3.77. The third-order valence-corrected chi connectivity index (χ3v) is 3.57. The van der Waals surface area contributed by atoms with Crippen molar-refractivity contribution in [1.29, 1.82) is 0 Å². The summed E-state index contributed by atoms with van der Waals surface area (Å²) < 4.78 is 5.66. The minimum absolute atomic E-state index is 0.118. The number of benzene rings is 1. The zero-order valence-corrected chi connectivity index (χ0v) is 12.9. The number of morpholine rings is 1. The Balaban J connectivity index is 1.99. The van der Waals surface area contributed by atoms with Gasteiger partial charge < -0.3 is 9.64 Å². The molecule has 1 aromatic rings. The fraction of sp³-hybridized carbons (Fsp3) is 0.467. The molecule has 108 valence electrons. The molecular weight excluding hydrogens is 272 g/mol. The van der Waals surface area contributed by atoms with Crippen molar-refractivity contribution in [3.63, 3.8) is 0 Å². The van der Waals surface area contributed by atoms with E-state index in [-0.39, 0.29) is 18.1 Å². The summed E-state index contributed by atoms with van der Waals surface area (Å²) in [5, 5.41) is 3.27. The minimum atomic E-state index is -0.162. The summed E-state index contributed by atoms with van der Waals surface area (Å²) in [6.07, 6.45) is 0.236. The number of amides is 1. The normalized spacial score (nSPS) is 22.4. The molecule has 4 nitrogen and oxygen atoms in total. The number of nitrogens with zero attached hydrogens (tertiary/aromatic N) is 1. The Morgan fingerprint density at radius 2 is 2.00 bits per heavy atom. The van der Waals surface area contributed by atoms with E-state index in [2.05, 4.69) is 5.32 Å². The fourth-order valence-corrected chi connectivity index (χ4v) is 2.62. The van der Waals surface area contributed by atoms with E-state index >= 15 is 0 Å². The van der Waals surface area contributed by atoms with Gasteiger partial charge in [-0.1, -0.05) is 17.7 Å². The molecule has 2 atom stereocenters. The van der Waals surface area contributed by atoms with E-state index in [0.29, 0.717) is 23.8 Å².